The maximum atomic E-state index is 6.08. The van der Waals surface area contributed by atoms with E-state index in [-0.39, 0.29) is 6.10 Å². The monoisotopic (exact) mass is 370 g/mol. The summed E-state index contributed by atoms with van der Waals surface area (Å²) in [5.74, 6) is 0. The summed E-state index contributed by atoms with van der Waals surface area (Å²) < 4.78 is 8.36. The molecule has 0 radical (unpaired) electrons. The van der Waals surface area contributed by atoms with E-state index in [9.17, 15) is 0 Å². The second-order valence-corrected chi connectivity index (χ2v) is 7.31. The highest BCUT2D eigenvalue weighted by Crippen LogP contribution is 2.41. The molecule has 0 N–H and O–H groups in total. The van der Waals surface area contributed by atoms with Gasteiger partial charge in [0.2, 0.25) is 0 Å². The third kappa shape index (κ3) is 3.08. The molecule has 1 aromatic heterocycles. The van der Waals surface area contributed by atoms with Crippen LogP contribution in [0.4, 0.5) is 5.69 Å². The van der Waals surface area contributed by atoms with E-state index < -0.39 is 0 Å². The number of rotatable bonds is 5. The number of hydrogen-bond acceptors (Lipinski definition) is 2. The average molecular weight is 370 g/mol. The molecular formula is C25H26N2O. The van der Waals surface area contributed by atoms with Gasteiger partial charge in [-0.3, -0.25) is 0 Å². The molecule has 0 aliphatic rings. The first-order valence-electron chi connectivity index (χ1n) is 9.54. The molecule has 3 nitrogen and oxygen atoms in total. The van der Waals surface area contributed by atoms with Crippen LogP contribution in [0, 0.1) is 0 Å². The molecule has 4 aromatic rings. The second-order valence-electron chi connectivity index (χ2n) is 7.31. The van der Waals surface area contributed by atoms with Gasteiger partial charge in [-0.15, -0.1) is 0 Å². The third-order valence-electron chi connectivity index (χ3n) is 5.40. The Morgan fingerprint density at radius 2 is 1.46 bits per heavy atom. The van der Waals surface area contributed by atoms with Gasteiger partial charge in [0.25, 0.3) is 0 Å². The largest absolute Gasteiger partial charge is 0.378 e. The zero-order valence-corrected chi connectivity index (χ0v) is 16.9. The first kappa shape index (κ1) is 18.3. The topological polar surface area (TPSA) is 17.4 Å². The Labute approximate surface area is 166 Å². The van der Waals surface area contributed by atoms with Crippen LogP contribution < -0.4 is 4.90 Å². The maximum Gasteiger partial charge on any atom is 0.110 e. The van der Waals surface area contributed by atoms with Gasteiger partial charge in [0.1, 0.15) is 6.10 Å². The van der Waals surface area contributed by atoms with Crippen molar-refractivity contribution in [1.29, 1.82) is 0 Å². The Hall–Kier alpha value is -3.04. The molecule has 0 aliphatic heterocycles. The standard InChI is InChI=1S/C25H26N2O/c1-26(2)20-16-14-19(15-17-20)25(28-4)23-21-12-8-9-13-22(21)27(3)24(23)18-10-6-5-7-11-18/h5-17,25H,1-4H3. The predicted molar refractivity (Wildman–Crippen MR) is 118 cm³/mol. The minimum absolute atomic E-state index is 0.141. The lowest BCUT2D eigenvalue weighted by molar-refractivity contribution is 0.138. The van der Waals surface area contributed by atoms with Gasteiger partial charge in [0, 0.05) is 50.4 Å². The number of aryl methyl sites for hydroxylation is 1. The van der Waals surface area contributed by atoms with Crippen LogP contribution in [-0.4, -0.2) is 25.8 Å². The van der Waals surface area contributed by atoms with Gasteiger partial charge in [0.05, 0.1) is 5.69 Å². The van der Waals surface area contributed by atoms with E-state index in [1.165, 1.54) is 33.4 Å². The summed E-state index contributed by atoms with van der Waals surface area (Å²) >= 11 is 0. The molecule has 0 amide bonds. The van der Waals surface area contributed by atoms with Crippen LogP contribution in [0.25, 0.3) is 22.2 Å². The summed E-state index contributed by atoms with van der Waals surface area (Å²) in [5, 5.41) is 1.23. The predicted octanol–water partition coefficient (Wildman–Crippen LogP) is 5.65. The summed E-state index contributed by atoms with van der Waals surface area (Å²) in [7, 11) is 8.04. The Bertz CT molecular complexity index is 1080. The SMILES string of the molecule is COC(c1ccc(N(C)C)cc1)c1c(-c2ccccc2)n(C)c2ccccc12. The van der Waals surface area contributed by atoms with Crippen molar-refractivity contribution >= 4 is 16.6 Å². The summed E-state index contributed by atoms with van der Waals surface area (Å²) in [6, 6.07) is 27.7. The van der Waals surface area contributed by atoms with Gasteiger partial charge in [-0.05, 0) is 29.3 Å². The molecule has 0 saturated carbocycles. The smallest absolute Gasteiger partial charge is 0.110 e. The number of fused-ring (bicyclic) bond motifs is 1. The molecular weight excluding hydrogens is 344 g/mol. The zero-order valence-electron chi connectivity index (χ0n) is 16.9. The molecule has 3 aromatic carbocycles. The number of methoxy groups -OCH3 is 1. The van der Waals surface area contributed by atoms with Crippen molar-refractivity contribution in [3.05, 3.63) is 90.0 Å². The van der Waals surface area contributed by atoms with Crippen molar-refractivity contribution in [1.82, 2.24) is 4.57 Å². The lowest BCUT2D eigenvalue weighted by atomic mass is 9.95. The Kier molecular flexibility index (Phi) is 4.93. The second kappa shape index (κ2) is 7.53. The number of hydrogen-bond donors (Lipinski definition) is 0. The van der Waals surface area contributed by atoms with Crippen LogP contribution in [0.2, 0.25) is 0 Å². The molecule has 0 aliphatic carbocycles. The minimum atomic E-state index is -0.141. The van der Waals surface area contributed by atoms with Gasteiger partial charge in [0.15, 0.2) is 0 Å². The molecule has 142 valence electrons. The highest BCUT2D eigenvalue weighted by molar-refractivity contribution is 5.92. The molecule has 1 heterocycles. The van der Waals surface area contributed by atoms with E-state index in [1.807, 2.05) is 0 Å². The van der Waals surface area contributed by atoms with E-state index in [2.05, 4.69) is 109 Å². The van der Waals surface area contributed by atoms with Gasteiger partial charge in [-0.1, -0.05) is 60.7 Å². The van der Waals surface area contributed by atoms with Crippen molar-refractivity contribution < 1.29 is 4.74 Å². The Morgan fingerprint density at radius 3 is 2.11 bits per heavy atom. The fourth-order valence-corrected chi connectivity index (χ4v) is 4.00. The normalized spacial score (nSPS) is 12.3. The molecule has 28 heavy (non-hydrogen) atoms. The van der Waals surface area contributed by atoms with Gasteiger partial charge >= 0.3 is 0 Å². The van der Waals surface area contributed by atoms with Crippen molar-refractivity contribution in [2.75, 3.05) is 26.1 Å². The van der Waals surface area contributed by atoms with Gasteiger partial charge < -0.3 is 14.2 Å². The molecule has 4 rings (SSSR count). The zero-order chi connectivity index (χ0) is 19.7. The number of anilines is 1. The number of nitrogens with zero attached hydrogens (tertiary/aromatic N) is 2. The quantitative estimate of drug-likeness (QED) is 0.452. The van der Waals surface area contributed by atoms with E-state index in [4.69, 9.17) is 4.74 Å². The molecule has 1 atom stereocenters. The van der Waals surface area contributed by atoms with Crippen molar-refractivity contribution in [3.63, 3.8) is 0 Å². The van der Waals surface area contributed by atoms with E-state index in [1.54, 1.807) is 7.11 Å². The fourth-order valence-electron chi connectivity index (χ4n) is 4.00. The van der Waals surface area contributed by atoms with Crippen molar-refractivity contribution in [2.24, 2.45) is 7.05 Å². The molecule has 1 unspecified atom stereocenters. The summed E-state index contributed by atoms with van der Waals surface area (Å²) in [5.41, 5.74) is 7.16. The summed E-state index contributed by atoms with van der Waals surface area (Å²) in [6.07, 6.45) is -0.141. The third-order valence-corrected chi connectivity index (χ3v) is 5.40. The number of ether oxygens (including phenoxy) is 1. The molecule has 0 fully saturated rings. The molecule has 3 heteroatoms. The number of benzene rings is 3. The molecule has 0 saturated heterocycles. The van der Waals surface area contributed by atoms with Crippen LogP contribution in [0.5, 0.6) is 0 Å². The number of para-hydroxylation sites is 1. The maximum absolute atomic E-state index is 6.08. The lowest BCUT2D eigenvalue weighted by Gasteiger charge is -2.20. The van der Waals surface area contributed by atoms with Crippen LogP contribution >= 0.6 is 0 Å². The first-order valence-corrected chi connectivity index (χ1v) is 9.54. The molecule has 0 spiro atoms. The minimum Gasteiger partial charge on any atom is -0.378 e. The van der Waals surface area contributed by atoms with E-state index in [0.717, 1.165) is 5.56 Å². The van der Waals surface area contributed by atoms with Gasteiger partial charge in [-0.2, -0.15) is 0 Å². The molecule has 0 bridgehead atoms. The van der Waals surface area contributed by atoms with Gasteiger partial charge in [-0.25, -0.2) is 0 Å². The summed E-state index contributed by atoms with van der Waals surface area (Å²) in [4.78, 5) is 2.11. The van der Waals surface area contributed by atoms with Crippen LogP contribution in [0.3, 0.4) is 0 Å². The van der Waals surface area contributed by atoms with Crippen molar-refractivity contribution in [2.45, 2.75) is 6.10 Å². The summed E-state index contributed by atoms with van der Waals surface area (Å²) in [6.45, 7) is 0. The van der Waals surface area contributed by atoms with Crippen LogP contribution in [-0.2, 0) is 11.8 Å². The van der Waals surface area contributed by atoms with Crippen molar-refractivity contribution in [3.8, 4) is 11.3 Å². The highest BCUT2D eigenvalue weighted by atomic mass is 16.5. The van der Waals surface area contributed by atoms with Crippen LogP contribution in [0.15, 0.2) is 78.9 Å². The number of aromatic nitrogens is 1. The van der Waals surface area contributed by atoms with Crippen LogP contribution in [0.1, 0.15) is 17.2 Å². The van der Waals surface area contributed by atoms with E-state index in [0.29, 0.717) is 0 Å². The fraction of sp³-hybridized carbons (Fsp3) is 0.200. The Morgan fingerprint density at radius 1 is 0.821 bits per heavy atom. The Balaban J connectivity index is 1.95. The average Bonchev–Trinajstić information content (AvgIpc) is 3.02. The first-order chi connectivity index (χ1) is 13.6. The lowest BCUT2D eigenvalue weighted by Crippen LogP contribution is -2.09. The van der Waals surface area contributed by atoms with E-state index >= 15 is 0 Å². The highest BCUT2D eigenvalue weighted by Gasteiger charge is 2.25.